The summed E-state index contributed by atoms with van der Waals surface area (Å²) in [4.78, 5) is 56.5. The molecule has 46 heavy (non-hydrogen) atoms. The lowest BCUT2D eigenvalue weighted by Crippen LogP contribution is -2.55. The molecule has 3 atom stereocenters. The number of carbonyl (C=O) groups is 4. The van der Waals surface area contributed by atoms with Gasteiger partial charge in [0.05, 0.1) is 5.69 Å². The lowest BCUT2D eigenvalue weighted by atomic mass is 9.91. The number of piperazine rings is 1. The van der Waals surface area contributed by atoms with Gasteiger partial charge in [0.2, 0.25) is 17.7 Å². The van der Waals surface area contributed by atoms with E-state index in [4.69, 9.17) is 11.6 Å². The van der Waals surface area contributed by atoms with Gasteiger partial charge >= 0.3 is 0 Å². The van der Waals surface area contributed by atoms with Crippen molar-refractivity contribution >= 4 is 40.9 Å². The SMILES string of the molecule is CCC(=O)N[C@@H](C(=O)N1CCN(C)CC1)[C@@H](C)c1ccc(NC(=O)[C@H](Cc2ccccc2Cl)NC(=O)c2ccnn2CC)c(F)c1. The minimum atomic E-state index is -1.10. The van der Waals surface area contributed by atoms with Gasteiger partial charge in [-0.25, -0.2) is 4.39 Å². The zero-order valence-electron chi connectivity index (χ0n) is 26.6. The van der Waals surface area contributed by atoms with Gasteiger partial charge < -0.3 is 25.8 Å². The predicted molar refractivity (Wildman–Crippen MR) is 174 cm³/mol. The summed E-state index contributed by atoms with van der Waals surface area (Å²) >= 11 is 6.36. The highest BCUT2D eigenvalue weighted by Crippen LogP contribution is 2.26. The molecule has 246 valence electrons. The van der Waals surface area contributed by atoms with Gasteiger partial charge in [-0.1, -0.05) is 49.7 Å². The van der Waals surface area contributed by atoms with Crippen molar-refractivity contribution in [1.82, 2.24) is 30.2 Å². The Morgan fingerprint density at radius 1 is 1.00 bits per heavy atom. The Hall–Kier alpha value is -4.29. The molecule has 0 radical (unpaired) electrons. The number of nitrogens with zero attached hydrogens (tertiary/aromatic N) is 4. The van der Waals surface area contributed by atoms with Gasteiger partial charge in [-0.3, -0.25) is 23.9 Å². The molecule has 4 rings (SSSR count). The third-order valence-corrected chi connectivity index (χ3v) is 8.62. The van der Waals surface area contributed by atoms with E-state index in [1.54, 1.807) is 55.1 Å². The Kier molecular flexibility index (Phi) is 11.9. The summed E-state index contributed by atoms with van der Waals surface area (Å²) < 4.78 is 17.1. The van der Waals surface area contributed by atoms with E-state index in [-0.39, 0.29) is 36.0 Å². The molecule has 0 unspecified atom stereocenters. The molecule has 4 amide bonds. The topological polar surface area (TPSA) is 129 Å². The zero-order valence-corrected chi connectivity index (χ0v) is 27.3. The molecule has 2 heterocycles. The average Bonchev–Trinajstić information content (AvgIpc) is 3.54. The number of hydrogen-bond donors (Lipinski definition) is 3. The van der Waals surface area contributed by atoms with Crippen LogP contribution in [0.15, 0.2) is 54.7 Å². The molecule has 1 saturated heterocycles. The number of aryl methyl sites for hydroxylation is 1. The molecule has 11 nitrogen and oxygen atoms in total. The molecule has 3 aromatic rings. The van der Waals surface area contributed by atoms with Crippen molar-refractivity contribution in [2.24, 2.45) is 0 Å². The Morgan fingerprint density at radius 2 is 1.72 bits per heavy atom. The number of amides is 4. The number of carbonyl (C=O) groups excluding carboxylic acids is 4. The van der Waals surface area contributed by atoms with Crippen LogP contribution in [0.3, 0.4) is 0 Å². The number of halogens is 2. The van der Waals surface area contributed by atoms with E-state index in [0.29, 0.717) is 35.8 Å². The highest BCUT2D eigenvalue weighted by Gasteiger charge is 2.33. The maximum atomic E-state index is 15.6. The molecule has 0 bridgehead atoms. The van der Waals surface area contributed by atoms with Gasteiger partial charge in [-0.15, -0.1) is 0 Å². The Labute approximate surface area is 273 Å². The van der Waals surface area contributed by atoms with Crippen LogP contribution >= 0.6 is 11.6 Å². The predicted octanol–water partition coefficient (Wildman–Crippen LogP) is 3.45. The van der Waals surface area contributed by atoms with E-state index >= 15 is 4.39 Å². The van der Waals surface area contributed by atoms with Crippen LogP contribution in [0.25, 0.3) is 0 Å². The fraction of sp³-hybridized carbons (Fsp3) is 0.424. The number of nitrogens with one attached hydrogen (secondary N) is 3. The molecular formula is C33H41ClFN7O4. The van der Waals surface area contributed by atoms with Crippen LogP contribution < -0.4 is 16.0 Å². The standard InChI is InChI=1S/C33H41ClFN7O4/c1-5-29(43)39-30(33(46)41-17-15-40(4)16-18-41)21(3)22-11-12-26(25(35)19-22)37-31(44)27(20-23-9-7-8-10-24(23)34)38-32(45)28-13-14-36-42(28)6-2/h7-14,19,21,27,30H,5-6,15-18,20H2,1-4H3,(H,37,44)(H,38,45)(H,39,43)/t21-,27-,30+/m0/s1. The average molecular weight is 654 g/mol. The van der Waals surface area contributed by atoms with E-state index in [2.05, 4.69) is 25.9 Å². The van der Waals surface area contributed by atoms with E-state index in [1.807, 2.05) is 14.0 Å². The minimum absolute atomic E-state index is 0.0570. The molecule has 3 N–H and O–H groups in total. The van der Waals surface area contributed by atoms with Crippen LogP contribution in [0.5, 0.6) is 0 Å². The van der Waals surface area contributed by atoms with Gasteiger partial charge in [0.15, 0.2) is 0 Å². The molecule has 0 saturated carbocycles. The summed E-state index contributed by atoms with van der Waals surface area (Å²) in [6, 6.07) is 10.8. The summed E-state index contributed by atoms with van der Waals surface area (Å²) in [6.45, 7) is 8.27. The Balaban J connectivity index is 1.54. The summed E-state index contributed by atoms with van der Waals surface area (Å²) in [6.07, 6.45) is 1.75. The second-order valence-corrected chi connectivity index (χ2v) is 11.8. The molecule has 1 aliphatic rings. The zero-order chi connectivity index (χ0) is 33.4. The number of likely N-dealkylation sites (N-methyl/N-ethyl adjacent to an activating group) is 1. The molecule has 1 aliphatic heterocycles. The van der Waals surface area contributed by atoms with Gasteiger partial charge in [0.1, 0.15) is 23.6 Å². The van der Waals surface area contributed by atoms with E-state index in [9.17, 15) is 19.2 Å². The number of hydrogen-bond acceptors (Lipinski definition) is 6. The summed E-state index contributed by atoms with van der Waals surface area (Å²) in [5.41, 5.74) is 1.29. The van der Waals surface area contributed by atoms with Gasteiger partial charge in [-0.05, 0) is 49.4 Å². The highest BCUT2D eigenvalue weighted by atomic mass is 35.5. The Morgan fingerprint density at radius 3 is 2.37 bits per heavy atom. The molecular weight excluding hydrogens is 613 g/mol. The third kappa shape index (κ3) is 8.49. The maximum Gasteiger partial charge on any atom is 0.270 e. The Bertz CT molecular complexity index is 1560. The number of rotatable bonds is 12. The highest BCUT2D eigenvalue weighted by molar-refractivity contribution is 6.31. The van der Waals surface area contributed by atoms with Crippen LogP contribution in [-0.4, -0.2) is 88.5 Å². The summed E-state index contributed by atoms with van der Waals surface area (Å²) in [5, 5.41) is 12.7. The first-order valence-electron chi connectivity index (χ1n) is 15.4. The van der Waals surface area contributed by atoms with Gasteiger partial charge in [0, 0.05) is 62.7 Å². The van der Waals surface area contributed by atoms with Gasteiger partial charge in [-0.2, -0.15) is 5.10 Å². The minimum Gasteiger partial charge on any atom is -0.344 e. The first kappa shape index (κ1) is 34.6. The lowest BCUT2D eigenvalue weighted by Gasteiger charge is -2.36. The van der Waals surface area contributed by atoms with Crippen molar-refractivity contribution in [3.8, 4) is 0 Å². The first-order chi connectivity index (χ1) is 22.0. The van der Waals surface area contributed by atoms with Crippen molar-refractivity contribution < 1.29 is 23.6 Å². The fourth-order valence-corrected chi connectivity index (χ4v) is 5.54. The first-order valence-corrected chi connectivity index (χ1v) is 15.8. The number of aromatic nitrogens is 2. The summed E-state index contributed by atoms with van der Waals surface area (Å²) in [7, 11) is 1.98. The molecule has 13 heteroatoms. The molecule has 1 fully saturated rings. The molecule has 0 aliphatic carbocycles. The van der Waals surface area contributed by atoms with Crippen molar-refractivity contribution in [2.45, 2.75) is 58.2 Å². The quantitative estimate of drug-likeness (QED) is 0.275. The van der Waals surface area contributed by atoms with Gasteiger partial charge in [0.25, 0.3) is 5.91 Å². The third-order valence-electron chi connectivity index (χ3n) is 8.25. The van der Waals surface area contributed by atoms with Crippen LogP contribution in [0.4, 0.5) is 10.1 Å². The second-order valence-electron chi connectivity index (χ2n) is 11.4. The maximum absolute atomic E-state index is 15.6. The lowest BCUT2D eigenvalue weighted by molar-refractivity contribution is -0.138. The number of anilines is 1. The largest absolute Gasteiger partial charge is 0.344 e. The van der Waals surface area contributed by atoms with E-state index in [1.165, 1.54) is 23.0 Å². The van der Waals surface area contributed by atoms with E-state index < -0.39 is 35.6 Å². The normalized spacial score (nSPS) is 15.5. The van der Waals surface area contributed by atoms with Crippen LogP contribution in [0.1, 0.15) is 54.7 Å². The smallest absolute Gasteiger partial charge is 0.270 e. The van der Waals surface area contributed by atoms with Crippen LogP contribution in [-0.2, 0) is 27.3 Å². The van der Waals surface area contributed by atoms with Crippen LogP contribution in [0, 0.1) is 5.82 Å². The number of benzene rings is 2. The van der Waals surface area contributed by atoms with Crippen molar-refractivity contribution in [1.29, 1.82) is 0 Å². The van der Waals surface area contributed by atoms with Crippen LogP contribution in [0.2, 0.25) is 5.02 Å². The summed E-state index contributed by atoms with van der Waals surface area (Å²) in [5.74, 6) is -2.94. The van der Waals surface area contributed by atoms with Crippen molar-refractivity contribution in [3.63, 3.8) is 0 Å². The molecule has 2 aromatic carbocycles. The fourth-order valence-electron chi connectivity index (χ4n) is 5.33. The van der Waals surface area contributed by atoms with E-state index in [0.717, 1.165) is 13.1 Å². The van der Waals surface area contributed by atoms with Crippen molar-refractivity contribution in [2.75, 3.05) is 38.5 Å². The second kappa shape index (κ2) is 15.8. The molecule has 0 spiro atoms. The monoisotopic (exact) mass is 653 g/mol. The molecule has 1 aromatic heterocycles. The van der Waals surface area contributed by atoms with Crippen molar-refractivity contribution in [3.05, 3.63) is 82.4 Å².